The van der Waals surface area contributed by atoms with Crippen molar-refractivity contribution in [2.45, 2.75) is 6.92 Å². The lowest BCUT2D eigenvalue weighted by molar-refractivity contribution is 0.102. The number of anilines is 2. The Labute approximate surface area is 111 Å². The van der Waals surface area contributed by atoms with E-state index in [-0.39, 0.29) is 5.91 Å². The number of hydrogen-bond acceptors (Lipinski definition) is 4. The number of nitrogen functional groups attached to an aromatic ring is 1. The molecule has 0 aliphatic rings. The molecule has 0 atom stereocenters. The van der Waals surface area contributed by atoms with Crippen LogP contribution in [0.2, 0.25) is 0 Å². The highest BCUT2D eigenvalue weighted by Crippen LogP contribution is 2.17. The van der Waals surface area contributed by atoms with Crippen molar-refractivity contribution in [3.05, 3.63) is 48.3 Å². The Balaban J connectivity index is 2.10. The van der Waals surface area contributed by atoms with E-state index in [0.717, 1.165) is 5.75 Å². The maximum Gasteiger partial charge on any atom is 0.255 e. The average Bonchev–Trinajstić information content (AvgIpc) is 2.42. The van der Waals surface area contributed by atoms with Crippen LogP contribution in [0.5, 0.6) is 5.75 Å². The molecule has 0 unspecified atom stereocenters. The number of pyridine rings is 1. The molecule has 0 bridgehead atoms. The highest BCUT2D eigenvalue weighted by Gasteiger charge is 2.07. The summed E-state index contributed by atoms with van der Waals surface area (Å²) in [5.74, 6) is 0.517. The van der Waals surface area contributed by atoms with Gasteiger partial charge in [0.25, 0.3) is 5.91 Å². The van der Waals surface area contributed by atoms with Crippen LogP contribution in [0.4, 0.5) is 11.4 Å². The molecule has 1 heterocycles. The third kappa shape index (κ3) is 3.22. The van der Waals surface area contributed by atoms with Gasteiger partial charge in [-0.1, -0.05) is 0 Å². The van der Waals surface area contributed by atoms with Crippen molar-refractivity contribution in [2.24, 2.45) is 0 Å². The van der Waals surface area contributed by atoms with Crippen molar-refractivity contribution in [3.8, 4) is 5.75 Å². The van der Waals surface area contributed by atoms with E-state index in [1.54, 1.807) is 36.5 Å². The van der Waals surface area contributed by atoms with E-state index in [4.69, 9.17) is 10.5 Å². The first-order valence-corrected chi connectivity index (χ1v) is 5.94. The van der Waals surface area contributed by atoms with E-state index in [1.807, 2.05) is 6.92 Å². The number of hydrogen-bond donors (Lipinski definition) is 2. The van der Waals surface area contributed by atoms with Gasteiger partial charge in [-0.05, 0) is 37.3 Å². The van der Waals surface area contributed by atoms with E-state index in [9.17, 15) is 4.79 Å². The highest BCUT2D eigenvalue weighted by atomic mass is 16.5. The van der Waals surface area contributed by atoms with Crippen molar-refractivity contribution in [1.82, 2.24) is 4.98 Å². The third-order valence-electron chi connectivity index (χ3n) is 2.53. The average molecular weight is 257 g/mol. The Morgan fingerprint density at radius 3 is 2.68 bits per heavy atom. The molecule has 19 heavy (non-hydrogen) atoms. The molecule has 1 aromatic heterocycles. The van der Waals surface area contributed by atoms with Crippen LogP contribution in [0, 0.1) is 0 Å². The normalized spacial score (nSPS) is 9.95. The molecule has 1 amide bonds. The van der Waals surface area contributed by atoms with Crippen molar-refractivity contribution in [1.29, 1.82) is 0 Å². The molecule has 2 aromatic rings. The molecule has 1 aromatic carbocycles. The second kappa shape index (κ2) is 5.86. The number of nitrogens with two attached hydrogens (primary N) is 1. The Hall–Kier alpha value is -2.56. The predicted molar refractivity (Wildman–Crippen MR) is 74.2 cm³/mol. The minimum Gasteiger partial charge on any atom is -0.494 e. The van der Waals surface area contributed by atoms with Gasteiger partial charge in [-0.25, -0.2) is 0 Å². The Morgan fingerprint density at radius 2 is 2.05 bits per heavy atom. The zero-order chi connectivity index (χ0) is 13.7. The van der Waals surface area contributed by atoms with Crippen LogP contribution < -0.4 is 15.8 Å². The van der Waals surface area contributed by atoms with Crippen LogP contribution in [-0.4, -0.2) is 17.5 Å². The van der Waals surface area contributed by atoms with Gasteiger partial charge in [-0.15, -0.1) is 0 Å². The van der Waals surface area contributed by atoms with Crippen molar-refractivity contribution in [3.63, 3.8) is 0 Å². The Kier molecular flexibility index (Phi) is 3.97. The van der Waals surface area contributed by atoms with Gasteiger partial charge in [0, 0.05) is 11.8 Å². The molecule has 5 nitrogen and oxygen atoms in total. The maximum atomic E-state index is 12.0. The fourth-order valence-electron chi connectivity index (χ4n) is 1.58. The fraction of sp³-hybridized carbons (Fsp3) is 0.143. The van der Waals surface area contributed by atoms with Gasteiger partial charge in [0.15, 0.2) is 0 Å². The molecular weight excluding hydrogens is 242 g/mol. The summed E-state index contributed by atoms with van der Waals surface area (Å²) in [4.78, 5) is 15.9. The van der Waals surface area contributed by atoms with Crippen molar-refractivity contribution < 1.29 is 9.53 Å². The second-order valence-electron chi connectivity index (χ2n) is 3.87. The van der Waals surface area contributed by atoms with Crippen LogP contribution in [-0.2, 0) is 0 Å². The topological polar surface area (TPSA) is 77.2 Å². The molecule has 0 aliphatic carbocycles. The SMILES string of the molecule is CCOc1ccc(C(=O)Nc2ccncc2N)cc1. The molecular formula is C14H15N3O2. The van der Waals surface area contributed by atoms with E-state index >= 15 is 0 Å². The van der Waals surface area contributed by atoms with Gasteiger partial charge < -0.3 is 15.8 Å². The molecule has 0 aliphatic heterocycles. The molecule has 0 spiro atoms. The molecule has 0 fully saturated rings. The van der Waals surface area contributed by atoms with E-state index < -0.39 is 0 Å². The van der Waals surface area contributed by atoms with Gasteiger partial charge in [0.2, 0.25) is 0 Å². The summed E-state index contributed by atoms with van der Waals surface area (Å²) in [6.07, 6.45) is 3.07. The standard InChI is InChI=1S/C14H15N3O2/c1-2-19-11-5-3-10(4-6-11)14(18)17-13-7-8-16-9-12(13)15/h3-9H,2,15H2,1H3,(H,16,17,18). The molecule has 3 N–H and O–H groups in total. The first kappa shape index (κ1) is 12.9. The quantitative estimate of drug-likeness (QED) is 0.881. The lowest BCUT2D eigenvalue weighted by Crippen LogP contribution is -2.13. The lowest BCUT2D eigenvalue weighted by atomic mass is 10.2. The number of nitrogens with one attached hydrogen (secondary N) is 1. The predicted octanol–water partition coefficient (Wildman–Crippen LogP) is 2.31. The number of rotatable bonds is 4. The molecule has 98 valence electrons. The molecule has 0 saturated carbocycles. The largest absolute Gasteiger partial charge is 0.494 e. The first-order chi connectivity index (χ1) is 9.20. The summed E-state index contributed by atoms with van der Waals surface area (Å²) in [6.45, 7) is 2.51. The fourth-order valence-corrected chi connectivity index (χ4v) is 1.58. The number of aromatic nitrogens is 1. The Morgan fingerprint density at radius 1 is 1.32 bits per heavy atom. The summed E-state index contributed by atoms with van der Waals surface area (Å²) < 4.78 is 5.32. The van der Waals surface area contributed by atoms with Gasteiger partial charge in [-0.2, -0.15) is 0 Å². The molecule has 0 saturated heterocycles. The molecule has 5 heteroatoms. The van der Waals surface area contributed by atoms with Crippen molar-refractivity contribution >= 4 is 17.3 Å². The summed E-state index contributed by atoms with van der Waals surface area (Å²) in [6, 6.07) is 8.58. The zero-order valence-corrected chi connectivity index (χ0v) is 10.6. The lowest BCUT2D eigenvalue weighted by Gasteiger charge is -2.08. The maximum absolute atomic E-state index is 12.0. The minimum absolute atomic E-state index is 0.221. The van der Waals surface area contributed by atoms with Crippen LogP contribution in [0.1, 0.15) is 17.3 Å². The van der Waals surface area contributed by atoms with E-state index in [1.165, 1.54) is 6.20 Å². The third-order valence-corrected chi connectivity index (χ3v) is 2.53. The number of nitrogens with zero attached hydrogens (tertiary/aromatic N) is 1. The first-order valence-electron chi connectivity index (χ1n) is 5.94. The summed E-state index contributed by atoms with van der Waals surface area (Å²) in [5, 5.41) is 2.73. The van der Waals surface area contributed by atoms with Gasteiger partial charge in [-0.3, -0.25) is 9.78 Å². The van der Waals surface area contributed by atoms with Crippen LogP contribution in [0.3, 0.4) is 0 Å². The van der Waals surface area contributed by atoms with Gasteiger partial charge in [0.05, 0.1) is 24.2 Å². The number of benzene rings is 1. The van der Waals surface area contributed by atoms with Crippen LogP contribution >= 0.6 is 0 Å². The van der Waals surface area contributed by atoms with Crippen LogP contribution in [0.25, 0.3) is 0 Å². The summed E-state index contributed by atoms with van der Waals surface area (Å²) in [5.41, 5.74) is 7.24. The number of amides is 1. The number of carbonyl (C=O) groups excluding carboxylic acids is 1. The van der Waals surface area contributed by atoms with E-state index in [0.29, 0.717) is 23.5 Å². The smallest absolute Gasteiger partial charge is 0.255 e. The van der Waals surface area contributed by atoms with Crippen LogP contribution in [0.15, 0.2) is 42.7 Å². The van der Waals surface area contributed by atoms with Gasteiger partial charge in [0.1, 0.15) is 5.75 Å². The summed E-state index contributed by atoms with van der Waals surface area (Å²) >= 11 is 0. The second-order valence-corrected chi connectivity index (χ2v) is 3.87. The van der Waals surface area contributed by atoms with Gasteiger partial charge >= 0.3 is 0 Å². The number of carbonyl (C=O) groups is 1. The monoisotopic (exact) mass is 257 g/mol. The minimum atomic E-state index is -0.221. The van der Waals surface area contributed by atoms with Crippen molar-refractivity contribution in [2.75, 3.05) is 17.7 Å². The summed E-state index contributed by atoms with van der Waals surface area (Å²) in [7, 11) is 0. The highest BCUT2D eigenvalue weighted by molar-refractivity contribution is 6.05. The molecule has 2 rings (SSSR count). The molecule has 0 radical (unpaired) electrons. The van der Waals surface area contributed by atoms with E-state index in [2.05, 4.69) is 10.3 Å². The zero-order valence-electron chi connectivity index (χ0n) is 10.6. The Bertz CT molecular complexity index is 567. The number of ether oxygens (including phenoxy) is 1.